The molecule has 2 aromatic heterocycles. The zero-order valence-electron chi connectivity index (χ0n) is 13.5. The molecule has 124 valence electrons. The number of anilines is 1. The first-order valence-corrected chi connectivity index (χ1v) is 7.69. The molecule has 1 N–H and O–H groups in total. The summed E-state index contributed by atoms with van der Waals surface area (Å²) in [5.41, 5.74) is 2.75. The van der Waals surface area contributed by atoms with Crippen LogP contribution in [0, 0.1) is 13.8 Å². The van der Waals surface area contributed by atoms with Crippen molar-refractivity contribution in [1.82, 2.24) is 19.3 Å². The second kappa shape index (κ2) is 6.09. The molecule has 7 nitrogen and oxygen atoms in total. The molecule has 0 radical (unpaired) electrons. The number of amides is 1. The number of carbonyl (C=O) groups is 1. The average Bonchev–Trinajstić information content (AvgIpc) is 2.82. The van der Waals surface area contributed by atoms with Crippen molar-refractivity contribution in [2.24, 2.45) is 7.05 Å². The van der Waals surface area contributed by atoms with Crippen LogP contribution in [0.3, 0.4) is 0 Å². The largest absolute Gasteiger partial charge is 0.324 e. The highest BCUT2D eigenvalue weighted by molar-refractivity contribution is 6.31. The van der Waals surface area contributed by atoms with Crippen LogP contribution in [-0.2, 0) is 18.4 Å². The van der Waals surface area contributed by atoms with Gasteiger partial charge in [0.15, 0.2) is 5.52 Å². The van der Waals surface area contributed by atoms with E-state index in [0.717, 1.165) is 11.3 Å². The van der Waals surface area contributed by atoms with Gasteiger partial charge in [-0.3, -0.25) is 18.8 Å². The van der Waals surface area contributed by atoms with Gasteiger partial charge in [-0.25, -0.2) is 4.98 Å². The molecular formula is C16H16ClN5O2. The number of fused-ring (bicyclic) bond motifs is 1. The Labute approximate surface area is 142 Å². The zero-order chi connectivity index (χ0) is 17.4. The van der Waals surface area contributed by atoms with Gasteiger partial charge in [0.2, 0.25) is 5.91 Å². The lowest BCUT2D eigenvalue weighted by Gasteiger charge is -2.08. The van der Waals surface area contributed by atoms with Gasteiger partial charge in [-0.15, -0.1) is 0 Å². The molecule has 3 aromatic rings. The van der Waals surface area contributed by atoms with Crippen LogP contribution < -0.4 is 10.9 Å². The van der Waals surface area contributed by atoms with Crippen molar-refractivity contribution in [3.8, 4) is 0 Å². The number of nitrogens with zero attached hydrogens (tertiary/aromatic N) is 4. The third-order valence-corrected chi connectivity index (χ3v) is 4.27. The number of aromatic nitrogens is 4. The molecule has 1 amide bonds. The van der Waals surface area contributed by atoms with E-state index in [1.54, 1.807) is 23.9 Å². The molecule has 0 saturated heterocycles. The molecule has 24 heavy (non-hydrogen) atoms. The number of benzene rings is 1. The van der Waals surface area contributed by atoms with Crippen molar-refractivity contribution >= 4 is 34.2 Å². The summed E-state index contributed by atoms with van der Waals surface area (Å²) < 4.78 is 2.83. The summed E-state index contributed by atoms with van der Waals surface area (Å²) in [6.07, 6.45) is 1.36. The lowest BCUT2D eigenvalue weighted by atomic mass is 10.2. The summed E-state index contributed by atoms with van der Waals surface area (Å²) in [7, 11) is 1.74. The molecular weight excluding hydrogens is 330 g/mol. The van der Waals surface area contributed by atoms with Crippen LogP contribution >= 0.6 is 11.6 Å². The Hall–Kier alpha value is -2.67. The van der Waals surface area contributed by atoms with E-state index in [1.807, 2.05) is 19.9 Å². The number of hydrogen-bond acceptors (Lipinski definition) is 4. The molecule has 0 spiro atoms. The predicted octanol–water partition coefficient (Wildman–Crippen LogP) is 2.04. The maximum atomic E-state index is 12.4. The van der Waals surface area contributed by atoms with Gasteiger partial charge >= 0.3 is 0 Å². The van der Waals surface area contributed by atoms with Gasteiger partial charge in [-0.05, 0) is 31.5 Å². The van der Waals surface area contributed by atoms with Crippen LogP contribution in [0.1, 0.15) is 11.3 Å². The number of hydrogen-bond donors (Lipinski definition) is 1. The average molecular weight is 346 g/mol. The molecule has 8 heteroatoms. The molecule has 0 bridgehead atoms. The minimum atomic E-state index is -0.346. The number of nitrogens with one attached hydrogen (secondary N) is 1. The molecule has 0 aliphatic heterocycles. The number of carbonyl (C=O) groups excluding carboxylic acids is 1. The SMILES string of the molecule is Cc1ccc(NC(=O)Cn2cnc3c(C)n(C)nc3c2=O)cc1Cl. The van der Waals surface area contributed by atoms with Crippen molar-refractivity contribution in [3.63, 3.8) is 0 Å². The van der Waals surface area contributed by atoms with Crippen LogP contribution in [0.2, 0.25) is 5.02 Å². The van der Waals surface area contributed by atoms with Crippen molar-refractivity contribution in [2.75, 3.05) is 5.32 Å². The maximum Gasteiger partial charge on any atom is 0.282 e. The summed E-state index contributed by atoms with van der Waals surface area (Å²) in [5.74, 6) is -0.342. The molecule has 2 heterocycles. The van der Waals surface area contributed by atoms with Gasteiger partial charge in [-0.1, -0.05) is 17.7 Å². The van der Waals surface area contributed by atoms with Crippen molar-refractivity contribution in [2.45, 2.75) is 20.4 Å². The van der Waals surface area contributed by atoms with E-state index < -0.39 is 0 Å². The van der Waals surface area contributed by atoms with Gasteiger partial charge in [0.1, 0.15) is 12.1 Å². The Morgan fingerprint density at radius 2 is 2.04 bits per heavy atom. The van der Waals surface area contributed by atoms with Crippen LogP contribution in [0.15, 0.2) is 29.3 Å². The normalized spacial score (nSPS) is 11.0. The van der Waals surface area contributed by atoms with Gasteiger partial charge in [0.25, 0.3) is 5.56 Å². The Bertz CT molecular complexity index is 1010. The van der Waals surface area contributed by atoms with E-state index in [-0.39, 0.29) is 23.5 Å². The molecule has 0 atom stereocenters. The lowest BCUT2D eigenvalue weighted by Crippen LogP contribution is -2.28. The molecule has 0 aliphatic rings. The monoisotopic (exact) mass is 345 g/mol. The number of rotatable bonds is 3. The fraction of sp³-hybridized carbons (Fsp3) is 0.250. The summed E-state index contributed by atoms with van der Waals surface area (Å²) in [6, 6.07) is 5.24. The standard InChI is InChI=1S/C16H16ClN5O2/c1-9-4-5-11(6-12(9)17)19-13(23)7-22-8-18-14-10(2)21(3)20-15(14)16(22)24/h4-6,8H,7H2,1-3H3,(H,19,23). The minimum absolute atomic E-state index is 0.150. The first kappa shape index (κ1) is 16.2. The second-order valence-corrected chi connectivity index (χ2v) is 6.00. The minimum Gasteiger partial charge on any atom is -0.324 e. The predicted molar refractivity (Wildman–Crippen MR) is 92.3 cm³/mol. The van der Waals surface area contributed by atoms with E-state index in [4.69, 9.17) is 11.6 Å². The van der Waals surface area contributed by atoms with E-state index in [0.29, 0.717) is 16.2 Å². The molecule has 0 unspecified atom stereocenters. The third-order valence-electron chi connectivity index (χ3n) is 3.86. The number of halogens is 1. The molecule has 0 fully saturated rings. The summed E-state index contributed by atoms with van der Waals surface area (Å²) in [6.45, 7) is 3.56. The zero-order valence-corrected chi connectivity index (χ0v) is 14.3. The van der Waals surface area contributed by atoms with Gasteiger partial charge < -0.3 is 5.32 Å². The molecule has 0 saturated carbocycles. The summed E-state index contributed by atoms with van der Waals surface area (Å²) in [4.78, 5) is 28.8. The first-order chi connectivity index (χ1) is 11.4. The second-order valence-electron chi connectivity index (χ2n) is 5.60. The van der Waals surface area contributed by atoms with Crippen LogP contribution in [0.25, 0.3) is 11.0 Å². The van der Waals surface area contributed by atoms with Gasteiger partial charge in [0, 0.05) is 17.8 Å². The fourth-order valence-corrected chi connectivity index (χ4v) is 2.53. The van der Waals surface area contributed by atoms with Gasteiger partial charge in [-0.2, -0.15) is 5.10 Å². The maximum absolute atomic E-state index is 12.4. The highest BCUT2D eigenvalue weighted by atomic mass is 35.5. The van der Waals surface area contributed by atoms with Crippen LogP contribution in [0.4, 0.5) is 5.69 Å². The quantitative estimate of drug-likeness (QED) is 0.787. The van der Waals surface area contributed by atoms with Crippen molar-refractivity contribution in [3.05, 3.63) is 51.2 Å². The van der Waals surface area contributed by atoms with E-state index in [9.17, 15) is 9.59 Å². The highest BCUT2D eigenvalue weighted by Gasteiger charge is 2.13. The lowest BCUT2D eigenvalue weighted by molar-refractivity contribution is -0.116. The Morgan fingerprint density at radius 1 is 1.29 bits per heavy atom. The van der Waals surface area contributed by atoms with Crippen LogP contribution in [0.5, 0.6) is 0 Å². The Morgan fingerprint density at radius 3 is 2.75 bits per heavy atom. The van der Waals surface area contributed by atoms with Crippen molar-refractivity contribution in [1.29, 1.82) is 0 Å². The highest BCUT2D eigenvalue weighted by Crippen LogP contribution is 2.19. The Balaban J connectivity index is 1.84. The van der Waals surface area contributed by atoms with E-state index >= 15 is 0 Å². The van der Waals surface area contributed by atoms with E-state index in [1.165, 1.54) is 10.9 Å². The fourth-order valence-electron chi connectivity index (χ4n) is 2.35. The molecule has 0 aliphatic carbocycles. The topological polar surface area (TPSA) is 81.8 Å². The third kappa shape index (κ3) is 2.90. The van der Waals surface area contributed by atoms with Crippen LogP contribution in [-0.4, -0.2) is 25.2 Å². The van der Waals surface area contributed by atoms with Crippen molar-refractivity contribution < 1.29 is 4.79 Å². The molecule has 1 aromatic carbocycles. The number of aryl methyl sites for hydroxylation is 3. The summed E-state index contributed by atoms with van der Waals surface area (Å²) >= 11 is 6.04. The Kier molecular flexibility index (Phi) is 4.11. The summed E-state index contributed by atoms with van der Waals surface area (Å²) in [5, 5.41) is 7.44. The smallest absolute Gasteiger partial charge is 0.282 e. The van der Waals surface area contributed by atoms with Gasteiger partial charge in [0.05, 0.1) is 12.0 Å². The molecule has 3 rings (SSSR count). The first-order valence-electron chi connectivity index (χ1n) is 7.31. The van der Waals surface area contributed by atoms with E-state index in [2.05, 4.69) is 15.4 Å².